The van der Waals surface area contributed by atoms with Crippen molar-refractivity contribution in [1.82, 2.24) is 14.8 Å². The lowest BCUT2D eigenvalue weighted by molar-refractivity contribution is 0.408. The fourth-order valence-electron chi connectivity index (χ4n) is 1.69. The number of hydrogen-bond acceptors (Lipinski definition) is 3. The Labute approximate surface area is 91.1 Å². The molecule has 1 aliphatic rings. The van der Waals surface area contributed by atoms with Gasteiger partial charge >= 0.3 is 5.69 Å². The molecule has 0 atom stereocenters. The lowest BCUT2D eigenvalue weighted by Gasteiger charge is -2.20. The number of H-pyrrole nitrogens is 2. The molecule has 1 saturated heterocycles. The molecule has 2 rings (SSSR count). The van der Waals surface area contributed by atoms with E-state index in [-0.39, 0.29) is 5.69 Å². The maximum Gasteiger partial charge on any atom is 0.342 e. The summed E-state index contributed by atoms with van der Waals surface area (Å²) in [6.45, 7) is 0.762. The topological polar surface area (TPSA) is 53.6 Å². The average Bonchev–Trinajstić information content (AvgIpc) is 2.51. The Balaban J connectivity index is 2.09. The van der Waals surface area contributed by atoms with Gasteiger partial charge in [-0.25, -0.2) is 9.89 Å². The number of nitrogens with zero attached hydrogens (tertiary/aromatic N) is 1. The van der Waals surface area contributed by atoms with Crippen molar-refractivity contribution in [2.75, 3.05) is 11.5 Å². The molecule has 0 bridgehead atoms. The molecule has 0 amide bonds. The molecule has 1 aromatic rings. The van der Waals surface area contributed by atoms with E-state index in [1.165, 1.54) is 24.3 Å². The minimum absolute atomic E-state index is 0.117. The second-order valence-electron chi connectivity index (χ2n) is 3.53. The molecular weight excluding hydrogens is 218 g/mol. The van der Waals surface area contributed by atoms with Crippen molar-refractivity contribution in [2.24, 2.45) is 5.92 Å². The predicted molar refractivity (Wildman–Crippen MR) is 60.3 cm³/mol. The summed E-state index contributed by atoms with van der Waals surface area (Å²) in [5.74, 6) is 3.03. The molecule has 0 saturated carbocycles. The first-order valence-electron chi connectivity index (χ1n) is 4.72. The quantitative estimate of drug-likeness (QED) is 0.756. The molecule has 4 nitrogen and oxygen atoms in total. The largest absolute Gasteiger partial charge is 0.342 e. The van der Waals surface area contributed by atoms with Gasteiger partial charge in [0.25, 0.3) is 0 Å². The Bertz CT molecular complexity index is 372. The number of nitrogens with one attached hydrogen (secondary N) is 2. The van der Waals surface area contributed by atoms with Gasteiger partial charge in [0.05, 0.1) is 0 Å². The lowest BCUT2D eigenvalue weighted by atomic mass is 10.0. The van der Waals surface area contributed by atoms with Crippen LogP contribution in [0.25, 0.3) is 0 Å². The van der Waals surface area contributed by atoms with Crippen LogP contribution < -0.4 is 5.69 Å². The third kappa shape index (κ3) is 2.12. The highest BCUT2D eigenvalue weighted by Crippen LogP contribution is 2.23. The van der Waals surface area contributed by atoms with Crippen LogP contribution in [0.3, 0.4) is 0 Å². The fourth-order valence-corrected chi connectivity index (χ4v) is 3.10. The van der Waals surface area contributed by atoms with E-state index >= 15 is 0 Å². The molecular formula is C8H13N3OS2. The summed E-state index contributed by atoms with van der Waals surface area (Å²) in [6.07, 6.45) is 2.38. The highest BCUT2D eigenvalue weighted by molar-refractivity contribution is 7.99. The minimum atomic E-state index is -0.117. The van der Waals surface area contributed by atoms with Crippen LogP contribution in [0, 0.1) is 10.7 Å². The van der Waals surface area contributed by atoms with Gasteiger partial charge in [0.1, 0.15) is 0 Å². The molecule has 78 valence electrons. The second kappa shape index (κ2) is 4.35. The Morgan fingerprint density at radius 1 is 1.43 bits per heavy atom. The lowest BCUT2D eigenvalue weighted by Crippen LogP contribution is -2.24. The van der Waals surface area contributed by atoms with Crippen molar-refractivity contribution in [1.29, 1.82) is 0 Å². The summed E-state index contributed by atoms with van der Waals surface area (Å²) < 4.78 is 2.13. The molecule has 1 aromatic heterocycles. The molecule has 0 radical (unpaired) electrons. The fraction of sp³-hybridized carbons (Fsp3) is 0.750. The standard InChI is InChI=1S/C8H13N3OS2/c12-7-9-10-8(13)11(7)5-6-1-3-14-4-2-6/h6H,1-5H2,(H,9,12)(H,10,13). The van der Waals surface area contributed by atoms with E-state index in [1.54, 1.807) is 4.57 Å². The second-order valence-corrected chi connectivity index (χ2v) is 5.14. The number of aromatic amines is 2. The number of hydrogen-bond donors (Lipinski definition) is 2. The van der Waals surface area contributed by atoms with E-state index in [0.717, 1.165) is 6.54 Å². The Kier molecular flexibility index (Phi) is 3.12. The van der Waals surface area contributed by atoms with Gasteiger partial charge in [-0.05, 0) is 42.5 Å². The molecule has 2 N–H and O–H groups in total. The van der Waals surface area contributed by atoms with Gasteiger partial charge in [-0.15, -0.1) is 0 Å². The van der Waals surface area contributed by atoms with Gasteiger partial charge in [-0.3, -0.25) is 9.67 Å². The number of aromatic nitrogens is 3. The number of thioether (sulfide) groups is 1. The van der Waals surface area contributed by atoms with E-state index < -0.39 is 0 Å². The zero-order valence-corrected chi connectivity index (χ0v) is 9.42. The predicted octanol–water partition coefficient (Wildman–Crippen LogP) is 1.38. The molecule has 2 heterocycles. The van der Waals surface area contributed by atoms with Crippen LogP contribution in [0.5, 0.6) is 0 Å². The van der Waals surface area contributed by atoms with Crippen LogP contribution >= 0.6 is 24.0 Å². The first kappa shape index (κ1) is 10.0. The molecule has 6 heteroatoms. The molecule has 1 aliphatic heterocycles. The zero-order valence-electron chi connectivity index (χ0n) is 7.78. The summed E-state index contributed by atoms with van der Waals surface area (Å²) in [5, 5.41) is 5.16. The van der Waals surface area contributed by atoms with Crippen LogP contribution in [0.1, 0.15) is 12.8 Å². The Morgan fingerprint density at radius 2 is 2.14 bits per heavy atom. The first-order chi connectivity index (χ1) is 6.77. The number of rotatable bonds is 2. The first-order valence-corrected chi connectivity index (χ1v) is 6.29. The summed E-state index contributed by atoms with van der Waals surface area (Å²) in [7, 11) is 0. The molecule has 0 unspecified atom stereocenters. The van der Waals surface area contributed by atoms with Crippen LogP contribution in [0.15, 0.2) is 4.79 Å². The third-order valence-electron chi connectivity index (χ3n) is 2.55. The Hall–Kier alpha value is -0.490. The summed E-state index contributed by atoms with van der Waals surface area (Å²) in [6, 6.07) is 0. The molecule has 0 spiro atoms. The summed E-state index contributed by atoms with van der Waals surface area (Å²) >= 11 is 7.00. The maximum atomic E-state index is 11.3. The van der Waals surface area contributed by atoms with Crippen molar-refractivity contribution in [2.45, 2.75) is 19.4 Å². The highest BCUT2D eigenvalue weighted by atomic mass is 32.2. The van der Waals surface area contributed by atoms with Crippen molar-refractivity contribution in [3.05, 3.63) is 15.3 Å². The van der Waals surface area contributed by atoms with Crippen molar-refractivity contribution in [3.8, 4) is 0 Å². The van der Waals surface area contributed by atoms with Crippen LogP contribution in [-0.4, -0.2) is 26.3 Å². The van der Waals surface area contributed by atoms with Gasteiger partial charge < -0.3 is 0 Å². The van der Waals surface area contributed by atoms with Crippen molar-refractivity contribution < 1.29 is 0 Å². The van der Waals surface area contributed by atoms with E-state index in [4.69, 9.17) is 12.2 Å². The van der Waals surface area contributed by atoms with Gasteiger partial charge in [0.15, 0.2) is 4.77 Å². The van der Waals surface area contributed by atoms with E-state index in [1.807, 2.05) is 11.8 Å². The van der Waals surface area contributed by atoms with Gasteiger partial charge in [0, 0.05) is 6.54 Å². The van der Waals surface area contributed by atoms with Crippen LogP contribution in [0.4, 0.5) is 0 Å². The van der Waals surface area contributed by atoms with Crippen molar-refractivity contribution in [3.63, 3.8) is 0 Å². The van der Waals surface area contributed by atoms with Crippen LogP contribution in [-0.2, 0) is 6.54 Å². The third-order valence-corrected chi connectivity index (χ3v) is 3.92. The highest BCUT2D eigenvalue weighted by Gasteiger charge is 2.15. The summed E-state index contributed by atoms with van der Waals surface area (Å²) in [4.78, 5) is 11.3. The van der Waals surface area contributed by atoms with Gasteiger partial charge in [-0.1, -0.05) is 0 Å². The van der Waals surface area contributed by atoms with Crippen LogP contribution in [0.2, 0.25) is 0 Å². The SMILES string of the molecule is O=c1[nH][nH]c(=S)n1CC1CCSCC1. The maximum absolute atomic E-state index is 11.3. The minimum Gasteiger partial charge on any atom is -0.272 e. The average molecular weight is 231 g/mol. The van der Waals surface area contributed by atoms with E-state index in [2.05, 4.69) is 10.2 Å². The molecule has 0 aromatic carbocycles. The normalized spacial score (nSPS) is 18.6. The molecule has 14 heavy (non-hydrogen) atoms. The van der Waals surface area contributed by atoms with Crippen molar-refractivity contribution >= 4 is 24.0 Å². The van der Waals surface area contributed by atoms with E-state index in [9.17, 15) is 4.79 Å². The van der Waals surface area contributed by atoms with Gasteiger partial charge in [-0.2, -0.15) is 11.8 Å². The molecule has 1 fully saturated rings. The molecule has 0 aliphatic carbocycles. The monoisotopic (exact) mass is 231 g/mol. The van der Waals surface area contributed by atoms with E-state index in [0.29, 0.717) is 10.7 Å². The zero-order chi connectivity index (χ0) is 9.97. The Morgan fingerprint density at radius 3 is 2.71 bits per heavy atom. The van der Waals surface area contributed by atoms with Gasteiger partial charge in [0.2, 0.25) is 0 Å². The smallest absolute Gasteiger partial charge is 0.272 e. The summed E-state index contributed by atoms with van der Waals surface area (Å²) in [5.41, 5.74) is -0.117.